The van der Waals surface area contributed by atoms with Crippen LogP contribution in [0.3, 0.4) is 0 Å². The van der Waals surface area contributed by atoms with Gasteiger partial charge in [0, 0.05) is 0 Å². The predicted molar refractivity (Wildman–Crippen MR) is 96.8 cm³/mol. The fourth-order valence-electron chi connectivity index (χ4n) is 3.18. The summed E-state index contributed by atoms with van der Waals surface area (Å²) in [6.45, 7) is 3.56. The van der Waals surface area contributed by atoms with Gasteiger partial charge >= 0.3 is 0 Å². The maximum Gasteiger partial charge on any atom is 0.106 e. The Balaban J connectivity index is 1.55. The van der Waals surface area contributed by atoms with E-state index in [9.17, 15) is 0 Å². The molecular formula is C21H31NO2. The summed E-state index contributed by atoms with van der Waals surface area (Å²) < 4.78 is 11.9. The van der Waals surface area contributed by atoms with Crippen LogP contribution in [0.2, 0.25) is 0 Å². The lowest BCUT2D eigenvalue weighted by molar-refractivity contribution is -0.137. The normalized spacial score (nSPS) is 20.7. The van der Waals surface area contributed by atoms with Gasteiger partial charge in [0.15, 0.2) is 0 Å². The summed E-state index contributed by atoms with van der Waals surface area (Å²) in [5.74, 6) is 0. The van der Waals surface area contributed by atoms with Gasteiger partial charge in [-0.2, -0.15) is 5.26 Å². The SMILES string of the molecule is CCCCCCCCCC[C@H]1CO[C@H](c2ccc(C#N)cc2)CO1. The molecule has 1 fully saturated rings. The maximum atomic E-state index is 8.84. The molecule has 1 aliphatic rings. The third-order valence-electron chi connectivity index (χ3n) is 4.76. The van der Waals surface area contributed by atoms with Gasteiger partial charge in [-0.3, -0.25) is 0 Å². The van der Waals surface area contributed by atoms with Crippen molar-refractivity contribution >= 4 is 0 Å². The van der Waals surface area contributed by atoms with Crippen LogP contribution in [-0.4, -0.2) is 19.3 Å². The Kier molecular flexibility index (Phi) is 8.87. The number of hydrogen-bond donors (Lipinski definition) is 0. The Morgan fingerprint density at radius 1 is 0.917 bits per heavy atom. The number of unbranched alkanes of at least 4 members (excludes halogenated alkanes) is 7. The van der Waals surface area contributed by atoms with Crippen molar-refractivity contribution in [2.45, 2.75) is 76.9 Å². The topological polar surface area (TPSA) is 42.2 Å². The molecule has 2 rings (SSSR count). The van der Waals surface area contributed by atoms with Crippen molar-refractivity contribution in [2.24, 2.45) is 0 Å². The van der Waals surface area contributed by atoms with Crippen molar-refractivity contribution in [2.75, 3.05) is 13.2 Å². The molecular weight excluding hydrogens is 298 g/mol. The third-order valence-corrected chi connectivity index (χ3v) is 4.76. The van der Waals surface area contributed by atoms with E-state index < -0.39 is 0 Å². The monoisotopic (exact) mass is 329 g/mol. The molecule has 1 aromatic rings. The van der Waals surface area contributed by atoms with Crippen molar-refractivity contribution in [3.8, 4) is 6.07 Å². The fourth-order valence-corrected chi connectivity index (χ4v) is 3.18. The first kappa shape index (κ1) is 19.0. The molecule has 1 heterocycles. The average molecular weight is 329 g/mol. The smallest absolute Gasteiger partial charge is 0.106 e. The van der Waals surface area contributed by atoms with Crippen LogP contribution in [0.5, 0.6) is 0 Å². The summed E-state index contributed by atoms with van der Waals surface area (Å²) >= 11 is 0. The Morgan fingerprint density at radius 3 is 2.17 bits per heavy atom. The molecule has 0 aliphatic carbocycles. The van der Waals surface area contributed by atoms with Crippen LogP contribution in [0.4, 0.5) is 0 Å². The molecule has 0 spiro atoms. The second-order valence-corrected chi connectivity index (χ2v) is 6.77. The van der Waals surface area contributed by atoms with Gasteiger partial charge in [-0.25, -0.2) is 0 Å². The number of nitriles is 1. The number of nitrogens with zero attached hydrogens (tertiary/aromatic N) is 1. The van der Waals surface area contributed by atoms with Gasteiger partial charge in [0.25, 0.3) is 0 Å². The highest BCUT2D eigenvalue weighted by molar-refractivity contribution is 5.32. The summed E-state index contributed by atoms with van der Waals surface area (Å²) in [5.41, 5.74) is 1.78. The quantitative estimate of drug-likeness (QED) is 0.529. The van der Waals surface area contributed by atoms with Crippen LogP contribution in [0.1, 0.15) is 81.9 Å². The van der Waals surface area contributed by atoms with Crippen molar-refractivity contribution in [3.63, 3.8) is 0 Å². The minimum atomic E-state index is 0.00700. The van der Waals surface area contributed by atoms with Crippen molar-refractivity contribution in [3.05, 3.63) is 35.4 Å². The van der Waals surface area contributed by atoms with E-state index in [2.05, 4.69) is 13.0 Å². The molecule has 3 nitrogen and oxygen atoms in total. The molecule has 132 valence electrons. The van der Waals surface area contributed by atoms with E-state index in [0.29, 0.717) is 18.8 Å². The van der Waals surface area contributed by atoms with E-state index in [1.54, 1.807) is 0 Å². The lowest BCUT2D eigenvalue weighted by Crippen LogP contribution is -2.31. The van der Waals surface area contributed by atoms with Crippen LogP contribution < -0.4 is 0 Å². The van der Waals surface area contributed by atoms with Crippen LogP contribution >= 0.6 is 0 Å². The van der Waals surface area contributed by atoms with Gasteiger partial charge in [0.1, 0.15) is 6.10 Å². The van der Waals surface area contributed by atoms with E-state index >= 15 is 0 Å². The number of hydrogen-bond acceptors (Lipinski definition) is 3. The lowest BCUT2D eigenvalue weighted by atomic mass is 10.0. The van der Waals surface area contributed by atoms with Gasteiger partial charge in [-0.15, -0.1) is 0 Å². The second kappa shape index (κ2) is 11.2. The molecule has 0 bridgehead atoms. The van der Waals surface area contributed by atoms with Gasteiger partial charge in [0.05, 0.1) is 31.0 Å². The van der Waals surface area contributed by atoms with Crippen LogP contribution in [0, 0.1) is 11.3 Å². The number of ether oxygens (including phenoxy) is 2. The molecule has 0 radical (unpaired) electrons. The molecule has 1 aliphatic heterocycles. The minimum Gasteiger partial charge on any atom is -0.373 e. The zero-order valence-corrected chi connectivity index (χ0v) is 15.0. The third kappa shape index (κ3) is 6.63. The van der Waals surface area contributed by atoms with E-state index in [-0.39, 0.29) is 12.2 Å². The summed E-state index contributed by atoms with van der Waals surface area (Å²) in [4.78, 5) is 0. The summed E-state index contributed by atoms with van der Waals surface area (Å²) in [7, 11) is 0. The predicted octanol–water partition coefficient (Wildman–Crippen LogP) is 5.55. The lowest BCUT2D eigenvalue weighted by Gasteiger charge is -2.30. The average Bonchev–Trinajstić information content (AvgIpc) is 2.64. The molecule has 0 amide bonds. The summed E-state index contributed by atoms with van der Waals surface area (Å²) in [5, 5.41) is 8.84. The first-order valence-corrected chi connectivity index (χ1v) is 9.56. The highest BCUT2D eigenvalue weighted by atomic mass is 16.6. The molecule has 0 N–H and O–H groups in total. The minimum absolute atomic E-state index is 0.00700. The molecule has 0 saturated carbocycles. The van der Waals surface area contributed by atoms with Crippen LogP contribution in [0.15, 0.2) is 24.3 Å². The van der Waals surface area contributed by atoms with Gasteiger partial charge in [-0.05, 0) is 24.1 Å². The summed E-state index contributed by atoms with van der Waals surface area (Å²) in [6, 6.07) is 9.74. The second-order valence-electron chi connectivity index (χ2n) is 6.77. The number of benzene rings is 1. The Morgan fingerprint density at radius 2 is 1.58 bits per heavy atom. The summed E-state index contributed by atoms with van der Waals surface area (Å²) in [6.07, 6.45) is 12.1. The Hall–Kier alpha value is -1.37. The highest BCUT2D eigenvalue weighted by Crippen LogP contribution is 2.25. The first-order chi connectivity index (χ1) is 11.8. The van der Waals surface area contributed by atoms with Crippen molar-refractivity contribution in [1.82, 2.24) is 0 Å². The largest absolute Gasteiger partial charge is 0.373 e. The first-order valence-electron chi connectivity index (χ1n) is 9.56. The number of rotatable bonds is 10. The fraction of sp³-hybridized carbons (Fsp3) is 0.667. The highest BCUT2D eigenvalue weighted by Gasteiger charge is 2.23. The molecule has 3 heteroatoms. The van der Waals surface area contributed by atoms with E-state index in [0.717, 1.165) is 12.0 Å². The van der Waals surface area contributed by atoms with Gasteiger partial charge in [0.2, 0.25) is 0 Å². The van der Waals surface area contributed by atoms with Crippen molar-refractivity contribution < 1.29 is 9.47 Å². The van der Waals surface area contributed by atoms with Crippen LogP contribution in [-0.2, 0) is 9.47 Å². The standard InChI is InChI=1S/C21H31NO2/c1-2-3-4-5-6-7-8-9-10-20-16-24-21(17-23-20)19-13-11-18(15-22)12-14-19/h11-14,20-21H,2-10,16-17H2,1H3/t20-,21-/m0/s1. The molecule has 24 heavy (non-hydrogen) atoms. The Bertz CT molecular complexity index is 484. The molecule has 0 unspecified atom stereocenters. The van der Waals surface area contributed by atoms with E-state index in [1.807, 2.05) is 24.3 Å². The zero-order chi connectivity index (χ0) is 17.0. The maximum absolute atomic E-state index is 8.84. The Labute approximate surface area is 147 Å². The van der Waals surface area contributed by atoms with E-state index in [4.69, 9.17) is 14.7 Å². The van der Waals surface area contributed by atoms with Crippen molar-refractivity contribution in [1.29, 1.82) is 5.26 Å². The van der Waals surface area contributed by atoms with E-state index in [1.165, 1.54) is 51.4 Å². The molecule has 1 saturated heterocycles. The molecule has 0 aromatic heterocycles. The molecule has 1 aromatic carbocycles. The van der Waals surface area contributed by atoms with Gasteiger partial charge < -0.3 is 9.47 Å². The van der Waals surface area contributed by atoms with Crippen LogP contribution in [0.25, 0.3) is 0 Å². The molecule has 2 atom stereocenters. The van der Waals surface area contributed by atoms with Gasteiger partial charge in [-0.1, -0.05) is 70.4 Å². The zero-order valence-electron chi connectivity index (χ0n) is 15.0.